The number of rotatable bonds is 5. The Hall–Kier alpha value is -2.54. The van der Waals surface area contributed by atoms with Gasteiger partial charge in [0.1, 0.15) is 5.82 Å². The molecular weight excluding hydrogens is 298 g/mol. The molecule has 2 aromatic heterocycles. The van der Waals surface area contributed by atoms with Gasteiger partial charge in [-0.15, -0.1) is 0 Å². The SMILES string of the molecule is Cc1nscc1C(=O)NCCc1nc(-c2ccccc2)n[nH]1. The molecule has 1 amide bonds. The zero-order valence-electron chi connectivity index (χ0n) is 12.0. The molecule has 112 valence electrons. The zero-order chi connectivity index (χ0) is 15.4. The van der Waals surface area contributed by atoms with Gasteiger partial charge < -0.3 is 5.32 Å². The Balaban J connectivity index is 1.56. The fraction of sp³-hybridized carbons (Fsp3) is 0.200. The second-order valence-corrected chi connectivity index (χ2v) is 5.42. The van der Waals surface area contributed by atoms with Gasteiger partial charge in [0.25, 0.3) is 5.91 Å². The Labute approximate surface area is 131 Å². The van der Waals surface area contributed by atoms with Crippen LogP contribution in [0.15, 0.2) is 35.7 Å². The van der Waals surface area contributed by atoms with Crippen molar-refractivity contribution in [2.24, 2.45) is 0 Å². The Kier molecular flexibility index (Phi) is 4.24. The number of benzene rings is 1. The number of carbonyl (C=O) groups is 1. The number of carbonyl (C=O) groups excluding carboxylic acids is 1. The first kappa shape index (κ1) is 14.4. The summed E-state index contributed by atoms with van der Waals surface area (Å²) >= 11 is 1.29. The van der Waals surface area contributed by atoms with Crippen molar-refractivity contribution in [1.82, 2.24) is 24.9 Å². The molecule has 0 aliphatic carbocycles. The van der Waals surface area contributed by atoms with Crippen molar-refractivity contribution in [3.05, 3.63) is 52.8 Å². The monoisotopic (exact) mass is 313 g/mol. The maximum absolute atomic E-state index is 12.0. The third-order valence-electron chi connectivity index (χ3n) is 3.21. The highest BCUT2D eigenvalue weighted by Gasteiger charge is 2.11. The van der Waals surface area contributed by atoms with E-state index < -0.39 is 0 Å². The van der Waals surface area contributed by atoms with Crippen molar-refractivity contribution in [3.63, 3.8) is 0 Å². The van der Waals surface area contributed by atoms with Crippen molar-refractivity contribution in [2.45, 2.75) is 13.3 Å². The second kappa shape index (κ2) is 6.48. The average molecular weight is 313 g/mol. The van der Waals surface area contributed by atoms with Crippen molar-refractivity contribution < 1.29 is 4.79 Å². The van der Waals surface area contributed by atoms with E-state index in [2.05, 4.69) is 24.9 Å². The lowest BCUT2D eigenvalue weighted by Gasteiger charge is -2.02. The molecular formula is C15H15N5OS. The fourth-order valence-electron chi connectivity index (χ4n) is 2.02. The van der Waals surface area contributed by atoms with Crippen molar-refractivity contribution in [3.8, 4) is 11.4 Å². The van der Waals surface area contributed by atoms with Crippen molar-refractivity contribution in [2.75, 3.05) is 6.54 Å². The average Bonchev–Trinajstić information content (AvgIpc) is 3.17. The van der Waals surface area contributed by atoms with Gasteiger partial charge in [-0.25, -0.2) is 4.98 Å². The van der Waals surface area contributed by atoms with Gasteiger partial charge in [0.05, 0.1) is 11.3 Å². The molecule has 0 saturated heterocycles. The van der Waals surface area contributed by atoms with Crippen LogP contribution in [0.5, 0.6) is 0 Å². The highest BCUT2D eigenvalue weighted by molar-refractivity contribution is 7.03. The smallest absolute Gasteiger partial charge is 0.254 e. The summed E-state index contributed by atoms with van der Waals surface area (Å²) in [6.45, 7) is 2.32. The summed E-state index contributed by atoms with van der Waals surface area (Å²) < 4.78 is 4.09. The molecule has 1 aromatic carbocycles. The highest BCUT2D eigenvalue weighted by Crippen LogP contribution is 2.13. The number of hydrogen-bond acceptors (Lipinski definition) is 5. The van der Waals surface area contributed by atoms with E-state index in [-0.39, 0.29) is 5.91 Å². The van der Waals surface area contributed by atoms with Gasteiger partial charge in [-0.05, 0) is 18.5 Å². The third kappa shape index (κ3) is 3.20. The first-order valence-electron chi connectivity index (χ1n) is 6.90. The van der Waals surface area contributed by atoms with E-state index >= 15 is 0 Å². The van der Waals surface area contributed by atoms with Crippen LogP contribution in [0.3, 0.4) is 0 Å². The molecule has 7 heteroatoms. The standard InChI is InChI=1S/C15H15N5OS/c1-10-12(9-22-20-10)15(21)16-8-7-13-17-14(19-18-13)11-5-3-2-4-6-11/h2-6,9H,7-8H2,1H3,(H,16,21)(H,17,18,19). The predicted octanol–water partition coefficient (Wildman–Crippen LogP) is 2.21. The van der Waals surface area contributed by atoms with Gasteiger partial charge in [0, 0.05) is 23.9 Å². The zero-order valence-corrected chi connectivity index (χ0v) is 12.9. The number of aryl methyl sites for hydroxylation is 1. The van der Waals surface area contributed by atoms with Crippen LogP contribution < -0.4 is 5.32 Å². The van der Waals surface area contributed by atoms with E-state index in [9.17, 15) is 4.79 Å². The Morgan fingerprint density at radius 1 is 1.32 bits per heavy atom. The molecule has 0 spiro atoms. The van der Waals surface area contributed by atoms with Crippen LogP contribution in [0.1, 0.15) is 21.9 Å². The normalized spacial score (nSPS) is 10.6. The second-order valence-electron chi connectivity index (χ2n) is 4.79. The molecule has 0 unspecified atom stereocenters. The van der Waals surface area contributed by atoms with Crippen LogP contribution in [-0.2, 0) is 6.42 Å². The van der Waals surface area contributed by atoms with E-state index in [0.717, 1.165) is 17.1 Å². The lowest BCUT2D eigenvalue weighted by molar-refractivity contribution is 0.0953. The molecule has 6 nitrogen and oxygen atoms in total. The van der Waals surface area contributed by atoms with E-state index in [1.54, 1.807) is 5.38 Å². The summed E-state index contributed by atoms with van der Waals surface area (Å²) in [5.74, 6) is 1.31. The van der Waals surface area contributed by atoms with Crippen LogP contribution in [0.25, 0.3) is 11.4 Å². The summed E-state index contributed by atoms with van der Waals surface area (Å²) in [6.07, 6.45) is 0.599. The lowest BCUT2D eigenvalue weighted by atomic mass is 10.2. The van der Waals surface area contributed by atoms with Gasteiger partial charge in [-0.2, -0.15) is 9.47 Å². The molecule has 0 fully saturated rings. The quantitative estimate of drug-likeness (QED) is 0.756. The molecule has 2 N–H and O–H groups in total. The van der Waals surface area contributed by atoms with Gasteiger partial charge >= 0.3 is 0 Å². The van der Waals surface area contributed by atoms with Gasteiger partial charge in [0.2, 0.25) is 0 Å². The first-order chi connectivity index (χ1) is 10.7. The van der Waals surface area contributed by atoms with E-state index in [0.29, 0.717) is 24.4 Å². The van der Waals surface area contributed by atoms with E-state index in [4.69, 9.17) is 0 Å². The van der Waals surface area contributed by atoms with Crippen molar-refractivity contribution >= 4 is 17.4 Å². The molecule has 22 heavy (non-hydrogen) atoms. The lowest BCUT2D eigenvalue weighted by Crippen LogP contribution is -2.26. The summed E-state index contributed by atoms with van der Waals surface area (Å²) in [7, 11) is 0. The molecule has 0 saturated carbocycles. The maximum atomic E-state index is 12.0. The third-order valence-corrected chi connectivity index (χ3v) is 3.93. The number of H-pyrrole nitrogens is 1. The number of amides is 1. The predicted molar refractivity (Wildman–Crippen MR) is 84.7 cm³/mol. The molecule has 0 atom stereocenters. The molecule has 2 heterocycles. The minimum Gasteiger partial charge on any atom is -0.352 e. The Bertz CT molecular complexity index is 765. The van der Waals surface area contributed by atoms with Crippen molar-refractivity contribution in [1.29, 1.82) is 0 Å². The Morgan fingerprint density at radius 3 is 2.86 bits per heavy atom. The largest absolute Gasteiger partial charge is 0.352 e. The van der Waals surface area contributed by atoms with Gasteiger partial charge in [0.15, 0.2) is 5.82 Å². The summed E-state index contributed by atoms with van der Waals surface area (Å²) in [4.78, 5) is 16.4. The number of nitrogens with zero attached hydrogens (tertiary/aromatic N) is 3. The topological polar surface area (TPSA) is 83.6 Å². The number of aromatic nitrogens is 4. The fourth-order valence-corrected chi connectivity index (χ4v) is 2.72. The van der Waals surface area contributed by atoms with E-state index in [1.807, 2.05) is 37.3 Å². The van der Waals surface area contributed by atoms with Crippen LogP contribution >= 0.6 is 11.5 Å². The van der Waals surface area contributed by atoms with Crippen LogP contribution in [0.2, 0.25) is 0 Å². The minimum absolute atomic E-state index is 0.103. The summed E-state index contributed by atoms with van der Waals surface area (Å²) in [5.41, 5.74) is 2.36. The van der Waals surface area contributed by atoms with Crippen LogP contribution in [0, 0.1) is 6.92 Å². The minimum atomic E-state index is -0.103. The summed E-state index contributed by atoms with van der Waals surface area (Å²) in [6, 6.07) is 9.77. The van der Waals surface area contributed by atoms with Crippen LogP contribution in [-0.4, -0.2) is 32.0 Å². The Morgan fingerprint density at radius 2 is 2.14 bits per heavy atom. The molecule has 0 radical (unpaired) electrons. The van der Waals surface area contributed by atoms with Gasteiger partial charge in [-0.1, -0.05) is 30.3 Å². The first-order valence-corrected chi connectivity index (χ1v) is 7.73. The summed E-state index contributed by atoms with van der Waals surface area (Å²) in [5, 5.41) is 11.7. The maximum Gasteiger partial charge on any atom is 0.254 e. The molecule has 0 aliphatic rings. The van der Waals surface area contributed by atoms with Gasteiger partial charge in [-0.3, -0.25) is 9.89 Å². The molecule has 0 bridgehead atoms. The van der Waals surface area contributed by atoms with E-state index in [1.165, 1.54) is 11.5 Å². The highest BCUT2D eigenvalue weighted by atomic mass is 32.1. The van der Waals surface area contributed by atoms with Crippen LogP contribution in [0.4, 0.5) is 0 Å². The number of hydrogen-bond donors (Lipinski definition) is 2. The molecule has 0 aliphatic heterocycles. The molecule has 3 aromatic rings. The number of nitrogens with one attached hydrogen (secondary N) is 2. The molecule has 3 rings (SSSR count). The number of aromatic amines is 1.